The van der Waals surface area contributed by atoms with Crippen LogP contribution in [0.4, 0.5) is 18.9 Å². The van der Waals surface area contributed by atoms with E-state index < -0.39 is 28.2 Å². The number of hydrogen-bond acceptors (Lipinski definition) is 3. The second-order valence-electron chi connectivity index (χ2n) is 5.51. The molecule has 132 valence electrons. The Morgan fingerprint density at radius 2 is 1.80 bits per heavy atom. The van der Waals surface area contributed by atoms with Crippen LogP contribution >= 0.6 is 11.6 Å². The van der Waals surface area contributed by atoms with Gasteiger partial charge in [-0.1, -0.05) is 42.8 Å². The van der Waals surface area contributed by atoms with Crippen LogP contribution in [0.3, 0.4) is 0 Å². The number of anilines is 1. The number of nitrogens with two attached hydrogens (primary N) is 1. The lowest BCUT2D eigenvalue weighted by atomic mass is 9.91. The summed E-state index contributed by atoms with van der Waals surface area (Å²) in [4.78, 5) is 24.0. The molecule has 0 unspecified atom stereocenters. The molecule has 0 saturated heterocycles. The summed E-state index contributed by atoms with van der Waals surface area (Å²) in [6.45, 7) is 3.28. The van der Waals surface area contributed by atoms with Gasteiger partial charge in [0, 0.05) is 16.7 Å². The first-order chi connectivity index (χ1) is 11.6. The van der Waals surface area contributed by atoms with Gasteiger partial charge in [-0.2, -0.15) is 13.2 Å². The summed E-state index contributed by atoms with van der Waals surface area (Å²) in [5.41, 5.74) is 3.76. The molecule has 2 aromatic carbocycles. The third kappa shape index (κ3) is 3.39. The fourth-order valence-electron chi connectivity index (χ4n) is 2.61. The molecule has 25 heavy (non-hydrogen) atoms. The average molecular weight is 370 g/mol. The van der Waals surface area contributed by atoms with Crippen LogP contribution in [0.15, 0.2) is 24.3 Å². The third-order valence-corrected chi connectivity index (χ3v) is 4.41. The van der Waals surface area contributed by atoms with Gasteiger partial charge < -0.3 is 5.73 Å². The fraction of sp³-hybridized carbons (Fsp3) is 0.222. The largest absolute Gasteiger partial charge is 0.419 e. The number of aldehydes is 1. The van der Waals surface area contributed by atoms with E-state index >= 15 is 0 Å². The van der Waals surface area contributed by atoms with Crippen molar-refractivity contribution >= 4 is 29.4 Å². The molecule has 0 aliphatic rings. The Morgan fingerprint density at radius 1 is 1.24 bits per heavy atom. The van der Waals surface area contributed by atoms with Gasteiger partial charge in [0.05, 0.1) is 16.3 Å². The van der Waals surface area contributed by atoms with E-state index in [1.54, 1.807) is 12.1 Å². The predicted octanol–water partition coefficient (Wildman–Crippen LogP) is 4.86. The SMILES string of the molecule is CCc1ccc(C(=O)c2c(C)c(C=O)c(N)c(C(F)(F)F)c2Cl)cc1. The summed E-state index contributed by atoms with van der Waals surface area (Å²) >= 11 is 5.90. The van der Waals surface area contributed by atoms with Crippen LogP contribution < -0.4 is 5.73 Å². The van der Waals surface area contributed by atoms with Gasteiger partial charge in [-0.25, -0.2) is 0 Å². The molecule has 3 nitrogen and oxygen atoms in total. The average Bonchev–Trinajstić information content (AvgIpc) is 2.53. The van der Waals surface area contributed by atoms with Gasteiger partial charge in [0.25, 0.3) is 0 Å². The van der Waals surface area contributed by atoms with Crippen molar-refractivity contribution in [2.75, 3.05) is 5.73 Å². The van der Waals surface area contributed by atoms with Gasteiger partial charge in [-0.15, -0.1) is 0 Å². The maximum absolute atomic E-state index is 13.3. The minimum absolute atomic E-state index is 0.0232. The van der Waals surface area contributed by atoms with Crippen molar-refractivity contribution in [2.45, 2.75) is 26.4 Å². The number of halogens is 4. The van der Waals surface area contributed by atoms with Crippen LogP contribution in [0, 0.1) is 6.92 Å². The Balaban J connectivity index is 2.75. The third-order valence-electron chi connectivity index (χ3n) is 4.03. The van der Waals surface area contributed by atoms with E-state index in [9.17, 15) is 22.8 Å². The van der Waals surface area contributed by atoms with Crippen molar-refractivity contribution in [3.8, 4) is 0 Å². The number of nitrogen functional groups attached to an aromatic ring is 1. The van der Waals surface area contributed by atoms with Crippen molar-refractivity contribution in [1.82, 2.24) is 0 Å². The number of alkyl halides is 3. The van der Waals surface area contributed by atoms with E-state index in [1.807, 2.05) is 6.92 Å². The van der Waals surface area contributed by atoms with E-state index in [0.29, 0.717) is 0 Å². The molecule has 7 heteroatoms. The highest BCUT2D eigenvalue weighted by Crippen LogP contribution is 2.43. The Labute approximate surface area is 147 Å². The Hall–Kier alpha value is -2.34. The van der Waals surface area contributed by atoms with E-state index in [4.69, 9.17) is 17.3 Å². The molecular formula is C18H15ClF3NO2. The molecule has 0 atom stereocenters. The molecule has 2 aromatic rings. The summed E-state index contributed by atoms with van der Waals surface area (Å²) in [6, 6.07) is 6.44. The fourth-order valence-corrected chi connectivity index (χ4v) is 3.05. The normalized spacial score (nSPS) is 11.4. The van der Waals surface area contributed by atoms with Gasteiger partial charge in [-0.05, 0) is 24.5 Å². The van der Waals surface area contributed by atoms with Crippen LogP contribution in [-0.2, 0) is 12.6 Å². The van der Waals surface area contributed by atoms with Gasteiger partial charge in [0.15, 0.2) is 12.1 Å². The maximum atomic E-state index is 13.3. The highest BCUT2D eigenvalue weighted by Gasteiger charge is 2.39. The number of benzene rings is 2. The van der Waals surface area contributed by atoms with Gasteiger partial charge >= 0.3 is 6.18 Å². The Kier molecular flexibility index (Phi) is 5.23. The number of rotatable bonds is 4. The number of ketones is 1. The molecule has 2 rings (SSSR count). The van der Waals surface area contributed by atoms with Crippen LogP contribution in [0.1, 0.15) is 49.9 Å². The molecule has 0 fully saturated rings. The topological polar surface area (TPSA) is 60.2 Å². The number of aryl methyl sites for hydroxylation is 1. The quantitative estimate of drug-likeness (QED) is 0.476. The molecule has 0 heterocycles. The van der Waals surface area contributed by atoms with Gasteiger partial charge in [0.1, 0.15) is 0 Å². The van der Waals surface area contributed by atoms with Crippen molar-refractivity contribution in [3.05, 3.63) is 62.7 Å². The minimum Gasteiger partial charge on any atom is -0.398 e. The zero-order valence-electron chi connectivity index (χ0n) is 13.5. The first-order valence-electron chi connectivity index (χ1n) is 7.41. The standard InChI is InChI=1S/C18H15ClF3NO2/c1-3-10-4-6-11(7-5-10)17(25)13-9(2)12(8-24)16(23)14(15(13)19)18(20,21)22/h4-8H,3,23H2,1-2H3. The van der Waals surface area contributed by atoms with Crippen LogP contribution in [0.25, 0.3) is 0 Å². The second kappa shape index (κ2) is 6.88. The molecule has 0 amide bonds. The van der Waals surface area contributed by atoms with Crippen molar-refractivity contribution in [3.63, 3.8) is 0 Å². The van der Waals surface area contributed by atoms with Crippen molar-refractivity contribution in [1.29, 1.82) is 0 Å². The first kappa shape index (κ1) is 19.0. The highest BCUT2D eigenvalue weighted by atomic mass is 35.5. The lowest BCUT2D eigenvalue weighted by molar-refractivity contribution is -0.136. The zero-order valence-corrected chi connectivity index (χ0v) is 14.3. The van der Waals surface area contributed by atoms with Crippen molar-refractivity contribution < 1.29 is 22.8 Å². The molecule has 2 N–H and O–H groups in total. The van der Waals surface area contributed by atoms with Gasteiger partial charge in [0.2, 0.25) is 0 Å². The number of carbonyl (C=O) groups is 2. The Bertz CT molecular complexity index is 843. The summed E-state index contributed by atoms with van der Waals surface area (Å²) in [5, 5.41) is -0.794. The van der Waals surface area contributed by atoms with Gasteiger partial charge in [-0.3, -0.25) is 9.59 Å². The summed E-state index contributed by atoms with van der Waals surface area (Å²) < 4.78 is 39.9. The summed E-state index contributed by atoms with van der Waals surface area (Å²) in [6.07, 6.45) is -3.94. The highest BCUT2D eigenvalue weighted by molar-refractivity contribution is 6.36. The molecular weight excluding hydrogens is 355 g/mol. The molecule has 0 bridgehead atoms. The Morgan fingerprint density at radius 3 is 2.24 bits per heavy atom. The lowest BCUT2D eigenvalue weighted by Crippen LogP contribution is -2.17. The first-order valence-corrected chi connectivity index (χ1v) is 7.78. The lowest BCUT2D eigenvalue weighted by Gasteiger charge is -2.19. The van der Waals surface area contributed by atoms with E-state index in [0.717, 1.165) is 12.0 Å². The molecule has 0 radical (unpaired) electrons. The monoisotopic (exact) mass is 369 g/mol. The van der Waals surface area contributed by atoms with Crippen LogP contribution in [0.5, 0.6) is 0 Å². The number of hydrogen-bond donors (Lipinski definition) is 1. The molecule has 0 aliphatic heterocycles. The second-order valence-corrected chi connectivity index (χ2v) is 5.89. The van der Waals surface area contributed by atoms with Crippen LogP contribution in [-0.4, -0.2) is 12.1 Å². The van der Waals surface area contributed by atoms with E-state index in [1.165, 1.54) is 19.1 Å². The molecule has 0 spiro atoms. The molecule has 0 saturated carbocycles. The summed E-state index contributed by atoms with van der Waals surface area (Å²) in [5.74, 6) is -0.696. The minimum atomic E-state index is -4.90. The maximum Gasteiger partial charge on any atom is 0.419 e. The van der Waals surface area contributed by atoms with E-state index in [-0.39, 0.29) is 28.5 Å². The smallest absolute Gasteiger partial charge is 0.398 e. The summed E-state index contributed by atoms with van der Waals surface area (Å²) in [7, 11) is 0. The van der Waals surface area contributed by atoms with E-state index in [2.05, 4.69) is 0 Å². The molecule has 0 aliphatic carbocycles. The number of carbonyl (C=O) groups excluding carboxylic acids is 2. The van der Waals surface area contributed by atoms with Crippen LogP contribution in [0.2, 0.25) is 5.02 Å². The molecule has 0 aromatic heterocycles. The zero-order chi connectivity index (χ0) is 18.9. The predicted molar refractivity (Wildman–Crippen MR) is 90.2 cm³/mol. The van der Waals surface area contributed by atoms with Crippen molar-refractivity contribution in [2.24, 2.45) is 0 Å².